The average molecular weight is 150 g/mol. The molecule has 0 saturated heterocycles. The predicted molar refractivity (Wildman–Crippen MR) is 24.9 cm³/mol. The summed E-state index contributed by atoms with van der Waals surface area (Å²) < 4.78 is 35.2. The topological polar surface area (TPSA) is 30.7 Å². The lowest BCUT2D eigenvalue weighted by Crippen LogP contribution is -2.17. The van der Waals surface area contributed by atoms with Crippen molar-refractivity contribution in [2.75, 3.05) is 0 Å². The summed E-state index contributed by atoms with van der Waals surface area (Å²) in [4.78, 5) is 0. The Kier molecular flexibility index (Phi) is 1.60. The van der Waals surface area contributed by atoms with E-state index in [2.05, 4.69) is 16.5 Å². The van der Waals surface area contributed by atoms with Gasteiger partial charge in [0.15, 0.2) is 0 Å². The van der Waals surface area contributed by atoms with Crippen molar-refractivity contribution in [1.29, 1.82) is 0 Å². The maximum atomic E-state index is 11.5. The fourth-order valence-corrected chi connectivity index (χ4v) is 0.463. The van der Waals surface area contributed by atoms with Crippen molar-refractivity contribution in [3.8, 4) is 0 Å². The SMILES string of the molecule is FC(F)(F)Cn1c[c]nn1. The van der Waals surface area contributed by atoms with Crippen molar-refractivity contribution < 1.29 is 13.2 Å². The molecule has 0 spiro atoms. The zero-order chi connectivity index (χ0) is 7.61. The summed E-state index contributed by atoms with van der Waals surface area (Å²) in [5, 5.41) is 6.19. The van der Waals surface area contributed by atoms with E-state index in [-0.39, 0.29) is 0 Å². The molecule has 10 heavy (non-hydrogen) atoms. The van der Waals surface area contributed by atoms with Crippen LogP contribution < -0.4 is 0 Å². The number of halogens is 3. The largest absolute Gasteiger partial charge is 0.408 e. The van der Waals surface area contributed by atoms with E-state index in [9.17, 15) is 13.2 Å². The van der Waals surface area contributed by atoms with Gasteiger partial charge in [0.25, 0.3) is 0 Å². The highest BCUT2D eigenvalue weighted by atomic mass is 19.4. The molecule has 0 N–H and O–H groups in total. The molecule has 1 aromatic heterocycles. The molecular weight excluding hydrogens is 147 g/mol. The molecule has 0 saturated carbocycles. The van der Waals surface area contributed by atoms with Crippen LogP contribution in [0.4, 0.5) is 13.2 Å². The predicted octanol–water partition coefficient (Wildman–Crippen LogP) is 0.641. The first-order valence-electron chi connectivity index (χ1n) is 2.41. The van der Waals surface area contributed by atoms with Crippen molar-refractivity contribution in [2.45, 2.75) is 12.7 Å². The summed E-state index contributed by atoms with van der Waals surface area (Å²) in [6.45, 7) is -1.11. The molecular formula is C4H3F3N3. The highest BCUT2D eigenvalue weighted by molar-refractivity contribution is 4.63. The van der Waals surface area contributed by atoms with Gasteiger partial charge >= 0.3 is 6.18 Å². The van der Waals surface area contributed by atoms with E-state index in [0.717, 1.165) is 6.20 Å². The Labute approximate surface area is 54.5 Å². The van der Waals surface area contributed by atoms with E-state index >= 15 is 0 Å². The van der Waals surface area contributed by atoms with Crippen molar-refractivity contribution in [3.63, 3.8) is 0 Å². The van der Waals surface area contributed by atoms with Gasteiger partial charge < -0.3 is 0 Å². The lowest BCUT2D eigenvalue weighted by atomic mass is 10.6. The van der Waals surface area contributed by atoms with E-state index in [1.807, 2.05) is 0 Å². The van der Waals surface area contributed by atoms with E-state index in [0.29, 0.717) is 4.68 Å². The quantitative estimate of drug-likeness (QED) is 0.588. The van der Waals surface area contributed by atoms with Crippen LogP contribution in [-0.2, 0) is 6.54 Å². The van der Waals surface area contributed by atoms with Gasteiger partial charge in [0.1, 0.15) is 12.7 Å². The standard InChI is InChI=1S/C4H3F3N3/c5-4(6,7)3-10-2-1-8-9-10/h2H,3H2. The summed E-state index contributed by atoms with van der Waals surface area (Å²) in [5.74, 6) is 0. The molecule has 0 atom stereocenters. The highest BCUT2D eigenvalue weighted by Crippen LogP contribution is 2.15. The van der Waals surface area contributed by atoms with Crippen LogP contribution in [0.1, 0.15) is 0 Å². The summed E-state index contributed by atoms with van der Waals surface area (Å²) in [7, 11) is 0. The maximum Gasteiger partial charge on any atom is 0.408 e. The normalized spacial score (nSPS) is 11.9. The number of hydrogen-bond acceptors (Lipinski definition) is 2. The molecule has 1 heterocycles. The average Bonchev–Trinajstić information content (AvgIpc) is 2.12. The molecule has 1 rings (SSSR count). The number of hydrogen-bond donors (Lipinski definition) is 0. The molecule has 1 radical (unpaired) electrons. The molecule has 0 fully saturated rings. The monoisotopic (exact) mass is 150 g/mol. The fourth-order valence-electron chi connectivity index (χ4n) is 0.463. The third-order valence-corrected chi connectivity index (χ3v) is 0.765. The molecule has 0 aliphatic carbocycles. The molecule has 0 bridgehead atoms. The van der Waals surface area contributed by atoms with Crippen LogP contribution in [0.3, 0.4) is 0 Å². The first-order chi connectivity index (χ1) is 4.58. The molecule has 3 nitrogen and oxygen atoms in total. The van der Waals surface area contributed by atoms with Gasteiger partial charge in [-0.05, 0) is 0 Å². The summed E-state index contributed by atoms with van der Waals surface area (Å²) in [6, 6.07) is 0. The number of aromatic nitrogens is 3. The van der Waals surface area contributed by atoms with Crippen LogP contribution in [0, 0.1) is 6.20 Å². The highest BCUT2D eigenvalue weighted by Gasteiger charge is 2.28. The first-order valence-corrected chi connectivity index (χ1v) is 2.41. The van der Waals surface area contributed by atoms with E-state index < -0.39 is 12.7 Å². The van der Waals surface area contributed by atoms with Crippen molar-refractivity contribution in [2.24, 2.45) is 0 Å². The van der Waals surface area contributed by atoms with Gasteiger partial charge in [-0.3, -0.25) is 0 Å². The van der Waals surface area contributed by atoms with Gasteiger partial charge in [-0.15, -0.1) is 5.10 Å². The summed E-state index contributed by atoms with van der Waals surface area (Å²) in [6.07, 6.45) is -1.05. The van der Waals surface area contributed by atoms with Crippen LogP contribution in [-0.4, -0.2) is 21.2 Å². The minimum atomic E-state index is -4.23. The van der Waals surface area contributed by atoms with Crippen LogP contribution in [0.15, 0.2) is 6.20 Å². The Morgan fingerprint density at radius 3 is 2.60 bits per heavy atom. The van der Waals surface area contributed by atoms with E-state index in [4.69, 9.17) is 0 Å². The van der Waals surface area contributed by atoms with Gasteiger partial charge in [-0.2, -0.15) is 13.2 Å². The third-order valence-electron chi connectivity index (χ3n) is 0.765. The molecule has 55 valence electrons. The lowest BCUT2D eigenvalue weighted by Gasteiger charge is -2.03. The molecule has 0 aliphatic rings. The van der Waals surface area contributed by atoms with Crippen molar-refractivity contribution >= 4 is 0 Å². The second-order valence-corrected chi connectivity index (χ2v) is 1.66. The number of rotatable bonds is 1. The smallest absolute Gasteiger partial charge is 0.243 e. The molecule has 1 aromatic rings. The summed E-state index contributed by atoms with van der Waals surface area (Å²) >= 11 is 0. The Hall–Kier alpha value is -1.07. The molecule has 0 unspecified atom stereocenters. The van der Waals surface area contributed by atoms with Gasteiger partial charge in [0.2, 0.25) is 0 Å². The number of alkyl halides is 3. The van der Waals surface area contributed by atoms with Gasteiger partial charge in [0, 0.05) is 0 Å². The first kappa shape index (κ1) is 7.04. The zero-order valence-corrected chi connectivity index (χ0v) is 4.76. The second kappa shape index (κ2) is 2.28. The van der Waals surface area contributed by atoms with Crippen LogP contribution in [0.5, 0.6) is 0 Å². The molecule has 0 amide bonds. The zero-order valence-electron chi connectivity index (χ0n) is 4.76. The van der Waals surface area contributed by atoms with Crippen molar-refractivity contribution in [1.82, 2.24) is 15.0 Å². The Morgan fingerprint density at radius 1 is 1.50 bits per heavy atom. The van der Waals surface area contributed by atoms with E-state index in [1.165, 1.54) is 0 Å². The maximum absolute atomic E-state index is 11.5. The van der Waals surface area contributed by atoms with E-state index in [1.54, 1.807) is 0 Å². The summed E-state index contributed by atoms with van der Waals surface area (Å²) in [5.41, 5.74) is 0. The molecule has 0 aromatic carbocycles. The van der Waals surface area contributed by atoms with Gasteiger partial charge in [-0.1, -0.05) is 5.21 Å². The second-order valence-electron chi connectivity index (χ2n) is 1.66. The fraction of sp³-hybridized carbons (Fsp3) is 0.500. The Morgan fingerprint density at radius 2 is 2.20 bits per heavy atom. The van der Waals surface area contributed by atoms with Crippen LogP contribution in [0.2, 0.25) is 0 Å². The number of nitrogens with zero attached hydrogens (tertiary/aromatic N) is 3. The Bertz CT molecular complexity index is 190. The minimum Gasteiger partial charge on any atom is -0.243 e. The van der Waals surface area contributed by atoms with Gasteiger partial charge in [0.05, 0.1) is 6.20 Å². The Balaban J connectivity index is 2.57. The lowest BCUT2D eigenvalue weighted by molar-refractivity contribution is -0.142. The van der Waals surface area contributed by atoms with Crippen LogP contribution in [0.25, 0.3) is 0 Å². The van der Waals surface area contributed by atoms with Gasteiger partial charge in [-0.25, -0.2) is 4.68 Å². The third kappa shape index (κ3) is 2.04. The molecule has 6 heteroatoms. The van der Waals surface area contributed by atoms with Crippen LogP contribution >= 0.6 is 0 Å². The minimum absolute atomic E-state index is 0.667. The molecule has 0 aliphatic heterocycles. The van der Waals surface area contributed by atoms with Crippen molar-refractivity contribution in [3.05, 3.63) is 12.4 Å².